The van der Waals surface area contributed by atoms with Crippen LogP contribution in [0.25, 0.3) is 0 Å². The molecule has 2 N–H and O–H groups in total. The highest BCUT2D eigenvalue weighted by Gasteiger charge is 2.36. The largest absolute Gasteiger partial charge is 0.481 e. The van der Waals surface area contributed by atoms with Crippen LogP contribution in [0.4, 0.5) is 0 Å². The first-order valence-corrected chi connectivity index (χ1v) is 7.61. The minimum Gasteiger partial charge on any atom is -0.481 e. The summed E-state index contributed by atoms with van der Waals surface area (Å²) in [5, 5.41) is 12.7. The summed E-state index contributed by atoms with van der Waals surface area (Å²) in [6, 6.07) is 5.18. The lowest BCUT2D eigenvalue weighted by Gasteiger charge is -2.37. The minimum absolute atomic E-state index is 0.0294. The highest BCUT2D eigenvalue weighted by Crippen LogP contribution is 2.32. The van der Waals surface area contributed by atoms with Crippen molar-refractivity contribution in [1.82, 2.24) is 5.32 Å². The molecular formula is C16H20ClNO3. The summed E-state index contributed by atoms with van der Waals surface area (Å²) >= 11 is 6.05. The van der Waals surface area contributed by atoms with E-state index in [4.69, 9.17) is 16.7 Å². The van der Waals surface area contributed by atoms with Gasteiger partial charge in [0.2, 0.25) is 0 Å². The molecule has 0 aromatic heterocycles. The predicted octanol–water partition coefficient (Wildman–Crippen LogP) is 3.56. The first-order chi connectivity index (χ1) is 9.93. The van der Waals surface area contributed by atoms with Gasteiger partial charge in [-0.25, -0.2) is 0 Å². The summed E-state index contributed by atoms with van der Waals surface area (Å²) < 4.78 is 0. The van der Waals surface area contributed by atoms with E-state index < -0.39 is 11.5 Å². The molecule has 1 amide bonds. The molecule has 0 radical (unpaired) electrons. The third-order valence-corrected chi connectivity index (χ3v) is 4.60. The maximum atomic E-state index is 12.5. The third-order valence-electron chi connectivity index (χ3n) is 4.19. The molecule has 0 unspecified atom stereocenters. The number of amides is 1. The summed E-state index contributed by atoms with van der Waals surface area (Å²) in [6.45, 7) is 1.79. The fraction of sp³-hybridized carbons (Fsp3) is 0.500. The van der Waals surface area contributed by atoms with Gasteiger partial charge >= 0.3 is 5.97 Å². The quantitative estimate of drug-likeness (QED) is 0.893. The van der Waals surface area contributed by atoms with Crippen molar-refractivity contribution in [2.45, 2.75) is 51.0 Å². The Hall–Kier alpha value is -1.55. The van der Waals surface area contributed by atoms with Gasteiger partial charge in [-0.15, -0.1) is 0 Å². The Morgan fingerprint density at radius 2 is 1.95 bits per heavy atom. The van der Waals surface area contributed by atoms with Crippen LogP contribution < -0.4 is 5.32 Å². The van der Waals surface area contributed by atoms with Crippen LogP contribution in [-0.4, -0.2) is 22.5 Å². The molecule has 2 rings (SSSR count). The second-order valence-electron chi connectivity index (χ2n) is 5.78. The number of carbonyl (C=O) groups excluding carboxylic acids is 1. The first kappa shape index (κ1) is 15.8. The Morgan fingerprint density at radius 1 is 1.29 bits per heavy atom. The normalized spacial score (nSPS) is 17.2. The number of halogens is 1. The zero-order chi connectivity index (χ0) is 15.5. The van der Waals surface area contributed by atoms with Crippen molar-refractivity contribution in [1.29, 1.82) is 0 Å². The van der Waals surface area contributed by atoms with E-state index in [1.54, 1.807) is 25.1 Å². The smallest absolute Gasteiger partial charge is 0.305 e. The monoisotopic (exact) mass is 309 g/mol. The molecule has 1 saturated carbocycles. The van der Waals surface area contributed by atoms with Gasteiger partial charge in [0.1, 0.15) is 0 Å². The molecule has 114 valence electrons. The van der Waals surface area contributed by atoms with Crippen molar-refractivity contribution in [3.05, 3.63) is 34.3 Å². The summed E-state index contributed by atoms with van der Waals surface area (Å²) in [7, 11) is 0. The SMILES string of the molecule is Cc1c(Cl)cccc1C(=O)NC1(CC(=O)O)CCCCC1. The molecule has 1 fully saturated rings. The number of rotatable bonds is 4. The molecule has 5 heteroatoms. The fourth-order valence-electron chi connectivity index (χ4n) is 3.03. The van der Waals surface area contributed by atoms with E-state index in [2.05, 4.69) is 5.32 Å². The third kappa shape index (κ3) is 3.76. The highest BCUT2D eigenvalue weighted by atomic mass is 35.5. The molecule has 4 nitrogen and oxygen atoms in total. The topological polar surface area (TPSA) is 66.4 Å². The summed E-state index contributed by atoms with van der Waals surface area (Å²) in [5.41, 5.74) is 0.603. The summed E-state index contributed by atoms with van der Waals surface area (Å²) in [4.78, 5) is 23.6. The first-order valence-electron chi connectivity index (χ1n) is 7.23. The van der Waals surface area contributed by atoms with Crippen molar-refractivity contribution in [2.75, 3.05) is 0 Å². The van der Waals surface area contributed by atoms with Crippen LogP contribution in [0.15, 0.2) is 18.2 Å². The van der Waals surface area contributed by atoms with Crippen LogP contribution in [0, 0.1) is 6.92 Å². The maximum Gasteiger partial charge on any atom is 0.305 e. The van der Waals surface area contributed by atoms with E-state index in [-0.39, 0.29) is 12.3 Å². The van der Waals surface area contributed by atoms with E-state index >= 15 is 0 Å². The number of hydrogen-bond donors (Lipinski definition) is 2. The molecule has 1 aliphatic carbocycles. The number of aliphatic carboxylic acids is 1. The standard InChI is InChI=1S/C16H20ClNO3/c1-11-12(6-5-7-13(11)17)15(21)18-16(10-14(19)20)8-3-2-4-9-16/h5-7H,2-4,8-10H2,1H3,(H,18,21)(H,19,20). The number of benzene rings is 1. The van der Waals surface area contributed by atoms with Gasteiger partial charge in [-0.2, -0.15) is 0 Å². The van der Waals surface area contributed by atoms with E-state index in [1.807, 2.05) is 0 Å². The van der Waals surface area contributed by atoms with Crippen LogP contribution in [0.2, 0.25) is 5.02 Å². The number of carbonyl (C=O) groups is 2. The van der Waals surface area contributed by atoms with E-state index in [0.717, 1.165) is 24.8 Å². The van der Waals surface area contributed by atoms with Gasteiger partial charge in [0, 0.05) is 10.6 Å². The van der Waals surface area contributed by atoms with Gasteiger partial charge in [0.25, 0.3) is 5.91 Å². The lowest BCUT2D eigenvalue weighted by atomic mass is 9.79. The van der Waals surface area contributed by atoms with Crippen molar-refractivity contribution in [3.8, 4) is 0 Å². The van der Waals surface area contributed by atoms with Crippen molar-refractivity contribution in [3.63, 3.8) is 0 Å². The Morgan fingerprint density at radius 3 is 2.57 bits per heavy atom. The lowest BCUT2D eigenvalue weighted by Crippen LogP contribution is -2.51. The van der Waals surface area contributed by atoms with Crippen LogP contribution in [-0.2, 0) is 4.79 Å². The van der Waals surface area contributed by atoms with Gasteiger partial charge in [-0.05, 0) is 37.5 Å². The molecule has 1 aromatic rings. The van der Waals surface area contributed by atoms with Crippen LogP contribution >= 0.6 is 11.6 Å². The lowest BCUT2D eigenvalue weighted by molar-refractivity contribution is -0.139. The van der Waals surface area contributed by atoms with Gasteiger partial charge < -0.3 is 10.4 Å². The van der Waals surface area contributed by atoms with Gasteiger partial charge in [0.05, 0.1) is 12.0 Å². The fourth-order valence-corrected chi connectivity index (χ4v) is 3.20. The van der Waals surface area contributed by atoms with Crippen LogP contribution in [0.5, 0.6) is 0 Å². The molecule has 0 saturated heterocycles. The molecule has 0 spiro atoms. The molecule has 21 heavy (non-hydrogen) atoms. The zero-order valence-electron chi connectivity index (χ0n) is 12.1. The summed E-state index contributed by atoms with van der Waals surface area (Å²) in [6.07, 6.45) is 4.38. The Kier molecular flexibility index (Phi) is 4.88. The van der Waals surface area contributed by atoms with Crippen LogP contribution in [0.3, 0.4) is 0 Å². The number of carboxylic acids is 1. The zero-order valence-corrected chi connectivity index (χ0v) is 12.9. The second kappa shape index (κ2) is 6.48. The molecule has 0 atom stereocenters. The van der Waals surface area contributed by atoms with Gasteiger partial charge in [-0.3, -0.25) is 9.59 Å². The number of hydrogen-bond acceptors (Lipinski definition) is 2. The highest BCUT2D eigenvalue weighted by molar-refractivity contribution is 6.31. The maximum absolute atomic E-state index is 12.5. The Balaban J connectivity index is 2.21. The van der Waals surface area contributed by atoms with Gasteiger partial charge in [-0.1, -0.05) is 36.9 Å². The molecule has 0 bridgehead atoms. The Bertz CT molecular complexity index is 550. The average Bonchev–Trinajstić information content (AvgIpc) is 2.41. The predicted molar refractivity (Wildman–Crippen MR) is 81.7 cm³/mol. The second-order valence-corrected chi connectivity index (χ2v) is 6.19. The molecule has 0 aliphatic heterocycles. The Labute approximate surface area is 129 Å². The van der Waals surface area contributed by atoms with Crippen LogP contribution in [0.1, 0.15) is 54.4 Å². The minimum atomic E-state index is -0.875. The number of carboxylic acid groups (broad SMARTS) is 1. The molecule has 0 heterocycles. The number of nitrogens with one attached hydrogen (secondary N) is 1. The van der Waals surface area contributed by atoms with Gasteiger partial charge in [0.15, 0.2) is 0 Å². The molecular weight excluding hydrogens is 290 g/mol. The molecule has 1 aliphatic rings. The molecule has 1 aromatic carbocycles. The summed E-state index contributed by atoms with van der Waals surface area (Å²) in [5.74, 6) is -1.11. The van der Waals surface area contributed by atoms with Crippen molar-refractivity contribution in [2.24, 2.45) is 0 Å². The van der Waals surface area contributed by atoms with Crippen molar-refractivity contribution >= 4 is 23.5 Å². The van der Waals surface area contributed by atoms with Crippen molar-refractivity contribution < 1.29 is 14.7 Å². The van der Waals surface area contributed by atoms with E-state index in [1.165, 1.54) is 0 Å². The average molecular weight is 310 g/mol. The van der Waals surface area contributed by atoms with E-state index in [9.17, 15) is 9.59 Å². The van der Waals surface area contributed by atoms with E-state index in [0.29, 0.717) is 23.4 Å².